The van der Waals surface area contributed by atoms with Gasteiger partial charge in [0.05, 0.1) is 17.3 Å². The quantitative estimate of drug-likeness (QED) is 0.789. The van der Waals surface area contributed by atoms with Gasteiger partial charge in [-0.15, -0.1) is 0 Å². The molecule has 20 heavy (non-hydrogen) atoms. The predicted octanol–water partition coefficient (Wildman–Crippen LogP) is 1.06. The van der Waals surface area contributed by atoms with Gasteiger partial charge in [-0.3, -0.25) is 4.79 Å². The molecule has 0 aliphatic carbocycles. The minimum atomic E-state index is -2.89. The number of nitrogens with zero attached hydrogens (tertiary/aromatic N) is 2. The van der Waals surface area contributed by atoms with E-state index in [2.05, 4.69) is 4.98 Å². The van der Waals surface area contributed by atoms with Crippen LogP contribution in [-0.4, -0.2) is 46.3 Å². The van der Waals surface area contributed by atoms with Crippen LogP contribution >= 0.6 is 11.8 Å². The summed E-state index contributed by atoms with van der Waals surface area (Å²) in [5.41, 5.74) is 1.02. The molecule has 1 aliphatic rings. The average Bonchev–Trinajstić information content (AvgIpc) is 2.90. The highest BCUT2D eigenvalue weighted by atomic mass is 32.2. The van der Waals surface area contributed by atoms with Gasteiger partial charge in [0.2, 0.25) is 0 Å². The lowest BCUT2D eigenvalue weighted by atomic mass is 10.1. The number of carbonyl (C=O) groups is 1. The van der Waals surface area contributed by atoms with Crippen molar-refractivity contribution in [3.05, 3.63) is 11.9 Å². The highest BCUT2D eigenvalue weighted by Gasteiger charge is 2.29. The summed E-state index contributed by atoms with van der Waals surface area (Å²) in [4.78, 5) is 14.9. The van der Waals surface area contributed by atoms with Crippen LogP contribution in [0.5, 0.6) is 0 Å². The molecule has 0 amide bonds. The van der Waals surface area contributed by atoms with Crippen LogP contribution in [0.4, 0.5) is 0 Å². The molecule has 1 aliphatic heterocycles. The maximum Gasteiger partial charge on any atom is 0.313 e. The number of rotatable bonds is 6. The molecule has 0 aromatic carbocycles. The van der Waals surface area contributed by atoms with Crippen molar-refractivity contribution in [3.8, 4) is 0 Å². The minimum Gasteiger partial charge on any atom is -0.481 e. The van der Waals surface area contributed by atoms with Crippen LogP contribution < -0.4 is 0 Å². The summed E-state index contributed by atoms with van der Waals surface area (Å²) in [6.07, 6.45) is 3.21. The lowest BCUT2D eigenvalue weighted by molar-refractivity contribution is -0.133. The van der Waals surface area contributed by atoms with Crippen LogP contribution in [0, 0.1) is 5.92 Å². The van der Waals surface area contributed by atoms with Crippen molar-refractivity contribution >= 4 is 27.6 Å². The number of aliphatic carboxylic acids is 1. The summed E-state index contributed by atoms with van der Waals surface area (Å²) in [7, 11) is -2.89. The van der Waals surface area contributed by atoms with Crippen LogP contribution in [0.15, 0.2) is 11.4 Å². The van der Waals surface area contributed by atoms with Gasteiger partial charge < -0.3 is 9.67 Å². The van der Waals surface area contributed by atoms with Crippen LogP contribution in [0.25, 0.3) is 0 Å². The van der Waals surface area contributed by atoms with E-state index in [1.807, 2.05) is 11.5 Å². The molecule has 2 rings (SSSR count). The van der Waals surface area contributed by atoms with E-state index < -0.39 is 15.8 Å². The first-order valence-corrected chi connectivity index (χ1v) is 9.31. The number of hydrogen-bond donors (Lipinski definition) is 1. The highest BCUT2D eigenvalue weighted by Crippen LogP contribution is 2.25. The van der Waals surface area contributed by atoms with Gasteiger partial charge in [-0.05, 0) is 18.8 Å². The number of sulfone groups is 1. The van der Waals surface area contributed by atoms with Crippen molar-refractivity contribution < 1.29 is 18.3 Å². The molecule has 1 saturated heterocycles. The first-order valence-electron chi connectivity index (χ1n) is 6.50. The lowest BCUT2D eigenvalue weighted by Crippen LogP contribution is -2.15. The zero-order chi connectivity index (χ0) is 14.8. The predicted molar refractivity (Wildman–Crippen MR) is 76.7 cm³/mol. The third-order valence-electron chi connectivity index (χ3n) is 3.36. The van der Waals surface area contributed by atoms with Crippen molar-refractivity contribution in [1.29, 1.82) is 0 Å². The summed E-state index contributed by atoms with van der Waals surface area (Å²) in [6, 6.07) is 0. The number of imidazole rings is 1. The Bertz CT molecular complexity index is 595. The van der Waals surface area contributed by atoms with E-state index in [1.165, 1.54) is 11.8 Å². The second-order valence-electron chi connectivity index (χ2n) is 4.95. The third kappa shape index (κ3) is 3.76. The molecule has 1 fully saturated rings. The zero-order valence-electron chi connectivity index (χ0n) is 11.3. The van der Waals surface area contributed by atoms with Gasteiger partial charge in [0.15, 0.2) is 15.0 Å². The highest BCUT2D eigenvalue weighted by molar-refractivity contribution is 7.99. The Kier molecular flexibility index (Phi) is 4.74. The smallest absolute Gasteiger partial charge is 0.313 e. The van der Waals surface area contributed by atoms with E-state index in [4.69, 9.17) is 5.11 Å². The standard InChI is InChI=1S/C12H18N2O4S2/c1-2-10-5-13-12(19-7-11(15)16)14(10)6-9-3-4-20(17,18)8-9/h5,9H,2-4,6-8H2,1H3,(H,15,16). The monoisotopic (exact) mass is 318 g/mol. The molecule has 1 aromatic rings. The van der Waals surface area contributed by atoms with E-state index in [9.17, 15) is 13.2 Å². The molecule has 6 nitrogen and oxygen atoms in total. The fourth-order valence-electron chi connectivity index (χ4n) is 2.39. The number of hydrogen-bond acceptors (Lipinski definition) is 5. The Labute approximate surface area is 122 Å². The van der Waals surface area contributed by atoms with Crippen molar-refractivity contribution in [2.45, 2.75) is 31.5 Å². The molecular weight excluding hydrogens is 300 g/mol. The fourth-order valence-corrected chi connectivity index (χ4v) is 4.96. The molecule has 1 aromatic heterocycles. The van der Waals surface area contributed by atoms with Crippen molar-refractivity contribution in [1.82, 2.24) is 9.55 Å². The van der Waals surface area contributed by atoms with Gasteiger partial charge in [0.1, 0.15) is 0 Å². The number of aromatic nitrogens is 2. The van der Waals surface area contributed by atoms with Gasteiger partial charge in [-0.2, -0.15) is 0 Å². The minimum absolute atomic E-state index is 0.0386. The van der Waals surface area contributed by atoms with Crippen LogP contribution in [0.3, 0.4) is 0 Å². The Hall–Kier alpha value is -1.02. The first kappa shape index (κ1) is 15.4. The summed E-state index contributed by atoms with van der Waals surface area (Å²) < 4.78 is 25.0. The topological polar surface area (TPSA) is 89.3 Å². The molecule has 2 heterocycles. The molecule has 0 spiro atoms. The molecule has 1 unspecified atom stereocenters. The normalized spacial score (nSPS) is 21.1. The molecule has 8 heteroatoms. The molecule has 1 atom stereocenters. The number of carboxylic acids is 1. The molecule has 0 bridgehead atoms. The SMILES string of the molecule is CCc1cnc(SCC(=O)O)n1CC1CCS(=O)(=O)C1. The maximum atomic E-state index is 11.5. The number of aryl methyl sites for hydroxylation is 1. The Balaban J connectivity index is 2.12. The lowest BCUT2D eigenvalue weighted by Gasteiger charge is -2.14. The van der Waals surface area contributed by atoms with Crippen molar-refractivity contribution in [2.24, 2.45) is 5.92 Å². The summed E-state index contributed by atoms with van der Waals surface area (Å²) in [6.45, 7) is 2.61. The molecule has 112 valence electrons. The second kappa shape index (κ2) is 6.17. The van der Waals surface area contributed by atoms with E-state index in [-0.39, 0.29) is 23.2 Å². The second-order valence-corrected chi connectivity index (χ2v) is 8.12. The van der Waals surface area contributed by atoms with Gasteiger partial charge in [-0.25, -0.2) is 13.4 Å². The number of carboxylic acid groups (broad SMARTS) is 1. The summed E-state index contributed by atoms with van der Waals surface area (Å²) in [5.74, 6) is -0.346. The molecular formula is C12H18N2O4S2. The van der Waals surface area contributed by atoms with Crippen molar-refractivity contribution in [3.63, 3.8) is 0 Å². The van der Waals surface area contributed by atoms with Crippen molar-refractivity contribution in [2.75, 3.05) is 17.3 Å². The zero-order valence-corrected chi connectivity index (χ0v) is 12.9. The Morgan fingerprint density at radius 3 is 2.90 bits per heavy atom. The molecule has 0 saturated carbocycles. The van der Waals surface area contributed by atoms with Crippen LogP contribution in [0.2, 0.25) is 0 Å². The largest absolute Gasteiger partial charge is 0.481 e. The average molecular weight is 318 g/mol. The number of thioether (sulfide) groups is 1. The van der Waals surface area contributed by atoms with Crippen LogP contribution in [-0.2, 0) is 27.6 Å². The van der Waals surface area contributed by atoms with Crippen LogP contribution in [0.1, 0.15) is 19.0 Å². The first-order chi connectivity index (χ1) is 9.41. The third-order valence-corrected chi connectivity index (χ3v) is 6.17. The van der Waals surface area contributed by atoms with E-state index in [0.717, 1.165) is 12.1 Å². The maximum absolute atomic E-state index is 11.5. The van der Waals surface area contributed by atoms with Gasteiger partial charge in [-0.1, -0.05) is 18.7 Å². The van der Waals surface area contributed by atoms with E-state index in [0.29, 0.717) is 18.1 Å². The van der Waals surface area contributed by atoms with Gasteiger partial charge in [0, 0.05) is 18.4 Å². The molecule has 0 radical (unpaired) electrons. The molecule has 1 N–H and O–H groups in total. The van der Waals surface area contributed by atoms with E-state index in [1.54, 1.807) is 6.20 Å². The Morgan fingerprint density at radius 1 is 1.60 bits per heavy atom. The van der Waals surface area contributed by atoms with Gasteiger partial charge >= 0.3 is 5.97 Å². The van der Waals surface area contributed by atoms with E-state index >= 15 is 0 Å². The fraction of sp³-hybridized carbons (Fsp3) is 0.667. The van der Waals surface area contributed by atoms with Gasteiger partial charge in [0.25, 0.3) is 0 Å². The Morgan fingerprint density at radius 2 is 2.35 bits per heavy atom. The summed E-state index contributed by atoms with van der Waals surface area (Å²) in [5, 5.41) is 9.41. The summed E-state index contributed by atoms with van der Waals surface area (Å²) >= 11 is 1.18.